The Labute approximate surface area is 192 Å². The fraction of sp³-hybridized carbons (Fsp3) is 0.292. The first-order valence-electron chi connectivity index (χ1n) is 10.5. The van der Waals surface area contributed by atoms with Gasteiger partial charge in [-0.25, -0.2) is 9.59 Å². The second-order valence-corrected chi connectivity index (χ2v) is 8.59. The Morgan fingerprint density at radius 2 is 1.84 bits per heavy atom. The topological polar surface area (TPSA) is 94.8 Å². The molecule has 0 unspecified atom stereocenters. The van der Waals surface area contributed by atoms with E-state index in [2.05, 4.69) is 21.2 Å². The van der Waals surface area contributed by atoms with Crippen LogP contribution in [-0.2, 0) is 4.79 Å². The van der Waals surface area contributed by atoms with E-state index < -0.39 is 17.5 Å². The molecule has 1 saturated carbocycles. The van der Waals surface area contributed by atoms with Gasteiger partial charge < -0.3 is 19.2 Å². The zero-order valence-electron chi connectivity index (χ0n) is 17.3. The molecule has 0 atom stereocenters. The fourth-order valence-corrected chi connectivity index (χ4v) is 4.06. The van der Waals surface area contributed by atoms with Crippen LogP contribution in [-0.4, -0.2) is 24.5 Å². The Hall–Kier alpha value is -3.13. The Bertz CT molecular complexity index is 1200. The SMILES string of the molecule is O=C(COc1cccc(Br)c1)Oc1ccc2cc(C(=O)NC3CCCCC3)c(=O)oc2c1. The van der Waals surface area contributed by atoms with E-state index in [1.807, 2.05) is 6.07 Å². The van der Waals surface area contributed by atoms with Crippen LogP contribution in [0, 0.1) is 0 Å². The number of rotatable bonds is 6. The smallest absolute Gasteiger partial charge is 0.349 e. The van der Waals surface area contributed by atoms with Crippen LogP contribution in [0.1, 0.15) is 42.5 Å². The van der Waals surface area contributed by atoms with Crippen LogP contribution in [0.4, 0.5) is 0 Å². The maximum Gasteiger partial charge on any atom is 0.349 e. The molecule has 166 valence electrons. The third-order valence-electron chi connectivity index (χ3n) is 5.28. The highest BCUT2D eigenvalue weighted by atomic mass is 79.9. The number of esters is 1. The van der Waals surface area contributed by atoms with Crippen LogP contribution < -0.4 is 20.4 Å². The molecule has 1 amide bonds. The highest BCUT2D eigenvalue weighted by molar-refractivity contribution is 9.10. The van der Waals surface area contributed by atoms with Gasteiger partial charge in [-0.1, -0.05) is 41.3 Å². The van der Waals surface area contributed by atoms with Gasteiger partial charge in [-0.15, -0.1) is 0 Å². The van der Waals surface area contributed by atoms with E-state index in [1.165, 1.54) is 18.6 Å². The minimum absolute atomic E-state index is 0.0322. The molecule has 0 bridgehead atoms. The number of halogens is 1. The van der Waals surface area contributed by atoms with Crippen molar-refractivity contribution in [3.63, 3.8) is 0 Å². The largest absolute Gasteiger partial charge is 0.482 e. The van der Waals surface area contributed by atoms with Crippen LogP contribution in [0.2, 0.25) is 0 Å². The summed E-state index contributed by atoms with van der Waals surface area (Å²) in [6.45, 7) is -0.279. The normalized spacial score (nSPS) is 14.2. The number of hydrogen-bond donors (Lipinski definition) is 1. The van der Waals surface area contributed by atoms with Crippen LogP contribution >= 0.6 is 15.9 Å². The van der Waals surface area contributed by atoms with Gasteiger partial charge in [0.15, 0.2) is 6.61 Å². The summed E-state index contributed by atoms with van der Waals surface area (Å²) in [7, 11) is 0. The lowest BCUT2D eigenvalue weighted by Gasteiger charge is -2.22. The van der Waals surface area contributed by atoms with Crippen molar-refractivity contribution < 1.29 is 23.5 Å². The second-order valence-electron chi connectivity index (χ2n) is 7.68. The molecule has 0 aliphatic heterocycles. The van der Waals surface area contributed by atoms with Crippen LogP contribution in [0.3, 0.4) is 0 Å². The molecule has 2 aromatic carbocycles. The second kappa shape index (κ2) is 9.99. The number of ether oxygens (including phenoxy) is 2. The van der Waals surface area contributed by atoms with Crippen molar-refractivity contribution in [3.05, 3.63) is 69.0 Å². The molecule has 1 heterocycles. The number of carbonyl (C=O) groups is 2. The minimum Gasteiger partial charge on any atom is -0.482 e. The first-order valence-corrected chi connectivity index (χ1v) is 11.2. The Balaban J connectivity index is 1.42. The molecular formula is C24H22BrNO6. The Kier molecular flexibility index (Phi) is 6.90. The van der Waals surface area contributed by atoms with Gasteiger partial charge in [0.25, 0.3) is 5.91 Å². The molecule has 1 aromatic heterocycles. The summed E-state index contributed by atoms with van der Waals surface area (Å²) < 4.78 is 16.8. The molecule has 8 heteroatoms. The van der Waals surface area contributed by atoms with Gasteiger partial charge in [-0.2, -0.15) is 0 Å². The molecule has 0 saturated heterocycles. The van der Waals surface area contributed by atoms with Crippen molar-refractivity contribution in [2.45, 2.75) is 38.1 Å². The monoisotopic (exact) mass is 499 g/mol. The van der Waals surface area contributed by atoms with Gasteiger partial charge in [0.1, 0.15) is 22.6 Å². The average molecular weight is 500 g/mol. The van der Waals surface area contributed by atoms with E-state index in [-0.39, 0.29) is 29.5 Å². The number of nitrogens with one attached hydrogen (secondary N) is 1. The Morgan fingerprint density at radius 3 is 2.62 bits per heavy atom. The molecule has 0 radical (unpaired) electrons. The van der Waals surface area contributed by atoms with Gasteiger partial charge in [0, 0.05) is 22.0 Å². The lowest BCUT2D eigenvalue weighted by molar-refractivity contribution is -0.136. The lowest BCUT2D eigenvalue weighted by atomic mass is 9.95. The fourth-order valence-electron chi connectivity index (χ4n) is 3.68. The Morgan fingerprint density at radius 1 is 1.03 bits per heavy atom. The van der Waals surface area contributed by atoms with Crippen LogP contribution in [0.5, 0.6) is 11.5 Å². The van der Waals surface area contributed by atoms with Crippen molar-refractivity contribution in [1.29, 1.82) is 0 Å². The standard InChI is InChI=1S/C24H22BrNO6/c25-16-5-4-8-18(12-16)30-14-22(27)31-19-10-9-15-11-20(24(29)32-21(15)13-19)23(28)26-17-6-2-1-3-7-17/h4-5,8-13,17H,1-3,6-7,14H2,(H,26,28). The molecule has 32 heavy (non-hydrogen) atoms. The summed E-state index contributed by atoms with van der Waals surface area (Å²) in [4.78, 5) is 37.0. The molecule has 7 nitrogen and oxygen atoms in total. The quantitative estimate of drug-likeness (QED) is 0.302. The molecule has 1 N–H and O–H groups in total. The minimum atomic E-state index is -0.729. The first kappa shape index (κ1) is 22.1. The molecular weight excluding hydrogens is 478 g/mol. The number of amides is 1. The summed E-state index contributed by atoms with van der Waals surface area (Å²) in [6.07, 6.45) is 5.17. The van der Waals surface area contributed by atoms with Crippen molar-refractivity contribution >= 4 is 38.8 Å². The summed E-state index contributed by atoms with van der Waals surface area (Å²) in [5.41, 5.74) is -0.537. The summed E-state index contributed by atoms with van der Waals surface area (Å²) in [5, 5.41) is 3.48. The third-order valence-corrected chi connectivity index (χ3v) is 5.77. The average Bonchev–Trinajstić information content (AvgIpc) is 2.78. The van der Waals surface area contributed by atoms with Crippen molar-refractivity contribution in [2.24, 2.45) is 0 Å². The third kappa shape index (κ3) is 5.56. The lowest BCUT2D eigenvalue weighted by Crippen LogP contribution is -2.38. The molecule has 4 rings (SSSR count). The highest BCUT2D eigenvalue weighted by Gasteiger charge is 2.20. The highest BCUT2D eigenvalue weighted by Crippen LogP contribution is 2.22. The summed E-state index contributed by atoms with van der Waals surface area (Å²) >= 11 is 3.33. The number of carbonyl (C=O) groups excluding carboxylic acids is 2. The predicted octanol–water partition coefficient (Wildman–Crippen LogP) is 4.60. The molecule has 1 fully saturated rings. The van der Waals surface area contributed by atoms with E-state index in [0.717, 1.165) is 30.2 Å². The van der Waals surface area contributed by atoms with Gasteiger partial charge >= 0.3 is 11.6 Å². The molecule has 1 aliphatic rings. The molecule has 1 aliphatic carbocycles. The van der Waals surface area contributed by atoms with Gasteiger partial charge in [0.2, 0.25) is 0 Å². The van der Waals surface area contributed by atoms with Crippen molar-refractivity contribution in [2.75, 3.05) is 6.61 Å². The first-order chi connectivity index (χ1) is 15.5. The number of hydrogen-bond acceptors (Lipinski definition) is 6. The van der Waals surface area contributed by atoms with Crippen LogP contribution in [0.25, 0.3) is 11.0 Å². The maximum atomic E-state index is 12.5. The van der Waals surface area contributed by atoms with Crippen molar-refractivity contribution in [1.82, 2.24) is 5.32 Å². The zero-order chi connectivity index (χ0) is 22.5. The summed E-state index contributed by atoms with van der Waals surface area (Å²) in [5.74, 6) is -0.286. The van der Waals surface area contributed by atoms with Gasteiger partial charge in [0.05, 0.1) is 0 Å². The number of fused-ring (bicyclic) bond motifs is 1. The van der Waals surface area contributed by atoms with E-state index in [1.54, 1.807) is 30.3 Å². The molecule has 0 spiro atoms. The predicted molar refractivity (Wildman–Crippen MR) is 122 cm³/mol. The van der Waals surface area contributed by atoms with E-state index in [4.69, 9.17) is 13.9 Å². The number of benzene rings is 2. The van der Waals surface area contributed by atoms with Crippen LogP contribution in [0.15, 0.2) is 62.2 Å². The van der Waals surface area contributed by atoms with E-state index >= 15 is 0 Å². The van der Waals surface area contributed by atoms with Gasteiger partial charge in [-0.05, 0) is 49.2 Å². The maximum absolute atomic E-state index is 12.5. The van der Waals surface area contributed by atoms with E-state index in [0.29, 0.717) is 11.1 Å². The molecule has 3 aromatic rings. The zero-order valence-corrected chi connectivity index (χ0v) is 18.9. The van der Waals surface area contributed by atoms with Crippen molar-refractivity contribution in [3.8, 4) is 11.5 Å². The summed E-state index contributed by atoms with van der Waals surface area (Å²) in [6, 6.07) is 13.3. The van der Waals surface area contributed by atoms with Gasteiger partial charge in [-0.3, -0.25) is 4.79 Å². The van der Waals surface area contributed by atoms with E-state index in [9.17, 15) is 14.4 Å².